The quantitative estimate of drug-likeness (QED) is 0.927. The smallest absolute Gasteiger partial charge is 0.225 e. The molecule has 7 heteroatoms. The van der Waals surface area contributed by atoms with E-state index in [1.807, 2.05) is 0 Å². The van der Waals surface area contributed by atoms with Crippen LogP contribution in [0.1, 0.15) is 5.56 Å². The number of halogens is 3. The summed E-state index contributed by atoms with van der Waals surface area (Å²) >= 11 is 0. The first-order chi connectivity index (χ1) is 9.21. The van der Waals surface area contributed by atoms with E-state index in [0.29, 0.717) is 0 Å². The summed E-state index contributed by atoms with van der Waals surface area (Å²) in [6, 6.07) is 10.4. The van der Waals surface area contributed by atoms with E-state index in [2.05, 4.69) is 0 Å². The maximum Gasteiger partial charge on any atom is 0.417 e. The average molecular weight is 301 g/mol. The van der Waals surface area contributed by atoms with Crippen LogP contribution in [0.4, 0.5) is 13.2 Å². The van der Waals surface area contributed by atoms with Crippen LogP contribution in [0.3, 0.4) is 0 Å². The lowest BCUT2D eigenvalue weighted by Crippen LogP contribution is -2.16. The van der Waals surface area contributed by atoms with Crippen molar-refractivity contribution in [3.05, 3.63) is 54.1 Å². The number of sulfonamides is 1. The molecule has 0 fully saturated rings. The maximum absolute atomic E-state index is 13.1. The summed E-state index contributed by atoms with van der Waals surface area (Å²) in [4.78, 5) is -0.543. The van der Waals surface area contributed by atoms with E-state index in [1.165, 1.54) is 24.3 Å². The highest BCUT2D eigenvalue weighted by Crippen LogP contribution is 2.40. The molecule has 0 aliphatic heterocycles. The number of benzene rings is 2. The average Bonchev–Trinajstić information content (AvgIpc) is 2.37. The summed E-state index contributed by atoms with van der Waals surface area (Å²) < 4.78 is 62.2. The summed E-state index contributed by atoms with van der Waals surface area (Å²) in [7, 11) is -4.26. The first-order valence-corrected chi connectivity index (χ1v) is 7.04. The second kappa shape index (κ2) is 4.92. The van der Waals surface area contributed by atoms with Gasteiger partial charge in [0, 0.05) is 5.56 Å². The Morgan fingerprint density at radius 2 is 1.50 bits per heavy atom. The van der Waals surface area contributed by atoms with Crippen LogP contribution >= 0.6 is 0 Å². The molecule has 2 aromatic rings. The molecule has 0 aliphatic rings. The third kappa shape index (κ3) is 2.83. The minimum Gasteiger partial charge on any atom is -0.225 e. The van der Waals surface area contributed by atoms with Gasteiger partial charge in [-0.1, -0.05) is 36.4 Å². The monoisotopic (exact) mass is 301 g/mol. The van der Waals surface area contributed by atoms with E-state index in [9.17, 15) is 21.6 Å². The fourth-order valence-corrected chi connectivity index (χ4v) is 2.69. The van der Waals surface area contributed by atoms with E-state index in [1.54, 1.807) is 6.07 Å². The Bertz CT molecular complexity index is 725. The molecule has 0 aromatic heterocycles. The van der Waals surface area contributed by atoms with Crippen molar-refractivity contribution in [2.45, 2.75) is 11.1 Å². The molecular formula is C13H10F3NO2S. The minimum absolute atomic E-state index is 0.143. The molecule has 0 saturated heterocycles. The SMILES string of the molecule is NS(=O)(=O)c1cccc(C(F)(F)F)c1-c1ccccc1. The molecule has 2 rings (SSSR count). The Labute approximate surface area is 113 Å². The lowest BCUT2D eigenvalue weighted by atomic mass is 9.99. The van der Waals surface area contributed by atoms with Crippen molar-refractivity contribution in [1.29, 1.82) is 0 Å². The van der Waals surface area contributed by atoms with Gasteiger partial charge in [0.25, 0.3) is 0 Å². The van der Waals surface area contributed by atoms with Gasteiger partial charge in [0.2, 0.25) is 10.0 Å². The molecule has 0 aliphatic carbocycles. The van der Waals surface area contributed by atoms with Gasteiger partial charge in [0.15, 0.2) is 0 Å². The highest BCUT2D eigenvalue weighted by atomic mass is 32.2. The molecule has 0 bridgehead atoms. The van der Waals surface area contributed by atoms with Gasteiger partial charge in [-0.25, -0.2) is 13.6 Å². The molecule has 3 nitrogen and oxygen atoms in total. The van der Waals surface area contributed by atoms with E-state index in [0.717, 1.165) is 18.2 Å². The van der Waals surface area contributed by atoms with Gasteiger partial charge in [0.05, 0.1) is 10.5 Å². The van der Waals surface area contributed by atoms with Crippen molar-refractivity contribution in [1.82, 2.24) is 0 Å². The van der Waals surface area contributed by atoms with Crippen LogP contribution in [-0.2, 0) is 16.2 Å². The van der Waals surface area contributed by atoms with Crippen LogP contribution in [0.5, 0.6) is 0 Å². The third-order valence-electron chi connectivity index (χ3n) is 2.70. The first kappa shape index (κ1) is 14.5. The molecule has 0 amide bonds. The Morgan fingerprint density at radius 3 is 2.00 bits per heavy atom. The van der Waals surface area contributed by atoms with Crippen molar-refractivity contribution >= 4 is 10.0 Å². The van der Waals surface area contributed by atoms with Crippen LogP contribution in [0.2, 0.25) is 0 Å². The predicted molar refractivity (Wildman–Crippen MR) is 68.3 cm³/mol. The second-order valence-electron chi connectivity index (χ2n) is 4.09. The second-order valence-corrected chi connectivity index (χ2v) is 5.62. The van der Waals surface area contributed by atoms with E-state index < -0.39 is 32.2 Å². The van der Waals surface area contributed by atoms with Crippen LogP contribution < -0.4 is 5.14 Å². The fraction of sp³-hybridized carbons (Fsp3) is 0.0769. The standard InChI is InChI=1S/C13H10F3NO2S/c14-13(15,16)10-7-4-8-11(20(17,18)19)12(10)9-5-2-1-3-6-9/h1-8H,(H2,17,18,19). The van der Waals surface area contributed by atoms with Gasteiger partial charge in [-0.15, -0.1) is 0 Å². The highest BCUT2D eigenvalue weighted by molar-refractivity contribution is 7.89. The summed E-state index contributed by atoms with van der Waals surface area (Å²) in [5.41, 5.74) is -1.32. The fourth-order valence-electron chi connectivity index (χ4n) is 1.91. The third-order valence-corrected chi connectivity index (χ3v) is 3.65. The molecular weight excluding hydrogens is 291 g/mol. The lowest BCUT2D eigenvalue weighted by Gasteiger charge is -2.16. The van der Waals surface area contributed by atoms with Crippen molar-refractivity contribution in [2.24, 2.45) is 5.14 Å². The van der Waals surface area contributed by atoms with Gasteiger partial charge in [-0.2, -0.15) is 13.2 Å². The molecule has 20 heavy (non-hydrogen) atoms. The number of hydrogen-bond acceptors (Lipinski definition) is 2. The van der Waals surface area contributed by atoms with Gasteiger partial charge < -0.3 is 0 Å². The van der Waals surface area contributed by atoms with E-state index in [-0.39, 0.29) is 5.56 Å². The van der Waals surface area contributed by atoms with E-state index >= 15 is 0 Å². The number of rotatable bonds is 2. The number of primary sulfonamides is 1. The zero-order valence-corrected chi connectivity index (χ0v) is 10.9. The van der Waals surface area contributed by atoms with Crippen LogP contribution in [0.25, 0.3) is 11.1 Å². The molecule has 2 aromatic carbocycles. The summed E-state index contributed by atoms with van der Waals surface area (Å²) in [5, 5.41) is 5.01. The summed E-state index contributed by atoms with van der Waals surface area (Å²) in [5.74, 6) is 0. The topological polar surface area (TPSA) is 60.2 Å². The Balaban J connectivity index is 2.87. The van der Waals surface area contributed by atoms with Crippen molar-refractivity contribution < 1.29 is 21.6 Å². The van der Waals surface area contributed by atoms with Crippen LogP contribution in [0, 0.1) is 0 Å². The number of hydrogen-bond donors (Lipinski definition) is 1. The Kier molecular flexibility index (Phi) is 3.58. The molecule has 0 saturated carbocycles. The van der Waals surface area contributed by atoms with Crippen LogP contribution in [-0.4, -0.2) is 8.42 Å². The number of nitrogens with two attached hydrogens (primary N) is 1. The minimum atomic E-state index is -4.67. The molecule has 0 unspecified atom stereocenters. The molecule has 0 spiro atoms. The molecule has 2 N–H and O–H groups in total. The molecule has 0 atom stereocenters. The van der Waals surface area contributed by atoms with Crippen LogP contribution in [0.15, 0.2) is 53.4 Å². The zero-order chi connectivity index (χ0) is 15.0. The summed E-state index contributed by atoms with van der Waals surface area (Å²) in [6.07, 6.45) is -4.67. The molecule has 106 valence electrons. The summed E-state index contributed by atoms with van der Waals surface area (Å²) in [6.45, 7) is 0. The zero-order valence-electron chi connectivity index (χ0n) is 10.1. The Hall–Kier alpha value is -1.86. The highest BCUT2D eigenvalue weighted by Gasteiger charge is 2.36. The number of alkyl halides is 3. The van der Waals surface area contributed by atoms with Crippen molar-refractivity contribution in [2.75, 3.05) is 0 Å². The van der Waals surface area contributed by atoms with Gasteiger partial charge in [0.1, 0.15) is 0 Å². The lowest BCUT2D eigenvalue weighted by molar-refractivity contribution is -0.137. The van der Waals surface area contributed by atoms with Gasteiger partial charge in [-0.3, -0.25) is 0 Å². The normalized spacial score (nSPS) is 12.4. The maximum atomic E-state index is 13.1. The first-order valence-electron chi connectivity index (χ1n) is 5.49. The van der Waals surface area contributed by atoms with Crippen molar-refractivity contribution in [3.63, 3.8) is 0 Å². The van der Waals surface area contributed by atoms with Gasteiger partial charge in [-0.05, 0) is 17.7 Å². The molecule has 0 heterocycles. The van der Waals surface area contributed by atoms with Gasteiger partial charge >= 0.3 is 6.18 Å². The van der Waals surface area contributed by atoms with E-state index in [4.69, 9.17) is 5.14 Å². The largest absolute Gasteiger partial charge is 0.417 e. The predicted octanol–water partition coefficient (Wildman–Crippen LogP) is 3.02. The van der Waals surface area contributed by atoms with Crippen molar-refractivity contribution in [3.8, 4) is 11.1 Å². The molecule has 0 radical (unpaired) electrons. The Morgan fingerprint density at radius 1 is 0.900 bits per heavy atom.